The Morgan fingerprint density at radius 1 is 1.44 bits per heavy atom. The second-order valence-electron chi connectivity index (χ2n) is 3.78. The smallest absolute Gasteiger partial charge is 0.341 e. The second kappa shape index (κ2) is 4.79. The Labute approximate surface area is 104 Å². The van der Waals surface area contributed by atoms with Gasteiger partial charge < -0.3 is 15.6 Å². The van der Waals surface area contributed by atoms with E-state index in [9.17, 15) is 4.79 Å². The van der Waals surface area contributed by atoms with Gasteiger partial charge >= 0.3 is 5.97 Å². The molecule has 2 rings (SSSR count). The van der Waals surface area contributed by atoms with Crippen molar-refractivity contribution in [3.8, 4) is 5.75 Å². The van der Waals surface area contributed by atoms with E-state index in [-0.39, 0.29) is 11.4 Å². The van der Waals surface area contributed by atoms with Crippen LogP contribution in [0.1, 0.15) is 15.9 Å². The summed E-state index contributed by atoms with van der Waals surface area (Å²) in [6.45, 7) is 0.460. The summed E-state index contributed by atoms with van der Waals surface area (Å²) in [7, 11) is 1.60. The van der Waals surface area contributed by atoms with E-state index in [4.69, 9.17) is 15.6 Å². The molecule has 1 heterocycles. The van der Waals surface area contributed by atoms with E-state index < -0.39 is 5.97 Å². The molecule has 18 heavy (non-hydrogen) atoms. The number of benzene rings is 1. The van der Waals surface area contributed by atoms with Gasteiger partial charge in [0.05, 0.1) is 13.7 Å². The lowest BCUT2D eigenvalue weighted by Crippen LogP contribution is -2.00. The Bertz CT molecular complexity index is 560. The summed E-state index contributed by atoms with van der Waals surface area (Å²) in [5.74, 6) is -0.283. The van der Waals surface area contributed by atoms with Gasteiger partial charge in [-0.2, -0.15) is 5.10 Å². The van der Waals surface area contributed by atoms with Crippen LogP contribution in [0.5, 0.6) is 5.75 Å². The molecule has 1 aromatic heterocycles. The number of ether oxygens (including phenoxy) is 1. The van der Waals surface area contributed by atoms with Crippen LogP contribution in [0.15, 0.2) is 30.5 Å². The SMILES string of the molecule is COc1ccc(Cn2cc(C(=O)O)c(N)n2)cc1. The molecule has 0 aliphatic carbocycles. The Balaban J connectivity index is 2.18. The monoisotopic (exact) mass is 247 g/mol. The summed E-state index contributed by atoms with van der Waals surface area (Å²) in [4.78, 5) is 10.8. The van der Waals surface area contributed by atoms with Gasteiger partial charge in [0.15, 0.2) is 5.82 Å². The zero-order chi connectivity index (χ0) is 13.1. The number of methoxy groups -OCH3 is 1. The minimum atomic E-state index is -1.08. The van der Waals surface area contributed by atoms with E-state index in [1.54, 1.807) is 7.11 Å². The lowest BCUT2D eigenvalue weighted by atomic mass is 10.2. The summed E-state index contributed by atoms with van der Waals surface area (Å²) in [5, 5.41) is 12.8. The maximum atomic E-state index is 10.8. The molecule has 0 amide bonds. The molecule has 0 bridgehead atoms. The Hall–Kier alpha value is -2.50. The highest BCUT2D eigenvalue weighted by molar-refractivity contribution is 5.92. The lowest BCUT2D eigenvalue weighted by Gasteiger charge is -2.03. The van der Waals surface area contributed by atoms with Crippen molar-refractivity contribution in [1.82, 2.24) is 9.78 Å². The van der Waals surface area contributed by atoms with Gasteiger partial charge in [-0.05, 0) is 17.7 Å². The van der Waals surface area contributed by atoms with Crippen molar-refractivity contribution in [2.75, 3.05) is 12.8 Å². The number of carboxylic acid groups (broad SMARTS) is 1. The van der Waals surface area contributed by atoms with Gasteiger partial charge in [0.1, 0.15) is 11.3 Å². The Morgan fingerprint density at radius 2 is 2.11 bits per heavy atom. The highest BCUT2D eigenvalue weighted by Gasteiger charge is 2.12. The van der Waals surface area contributed by atoms with E-state index >= 15 is 0 Å². The lowest BCUT2D eigenvalue weighted by molar-refractivity contribution is 0.0698. The van der Waals surface area contributed by atoms with Crippen molar-refractivity contribution in [2.45, 2.75) is 6.54 Å². The van der Waals surface area contributed by atoms with Crippen LogP contribution in [0.3, 0.4) is 0 Å². The molecule has 0 saturated heterocycles. The van der Waals surface area contributed by atoms with Crippen molar-refractivity contribution >= 4 is 11.8 Å². The molecule has 3 N–H and O–H groups in total. The predicted molar refractivity (Wildman–Crippen MR) is 65.7 cm³/mol. The third kappa shape index (κ3) is 2.42. The molecule has 6 heteroatoms. The van der Waals surface area contributed by atoms with Gasteiger partial charge in [-0.25, -0.2) is 4.79 Å². The number of aromatic nitrogens is 2. The van der Waals surface area contributed by atoms with Crippen LogP contribution in [0.4, 0.5) is 5.82 Å². The first kappa shape index (κ1) is 12.0. The molecule has 0 atom stereocenters. The van der Waals surface area contributed by atoms with Crippen LogP contribution in [0, 0.1) is 0 Å². The fraction of sp³-hybridized carbons (Fsp3) is 0.167. The van der Waals surface area contributed by atoms with Crippen molar-refractivity contribution < 1.29 is 14.6 Å². The molecule has 6 nitrogen and oxygen atoms in total. The second-order valence-corrected chi connectivity index (χ2v) is 3.78. The molecule has 94 valence electrons. The van der Waals surface area contributed by atoms with Crippen LogP contribution in [0.2, 0.25) is 0 Å². The Kier molecular flexibility index (Phi) is 3.18. The number of hydrogen-bond donors (Lipinski definition) is 2. The third-order valence-corrected chi connectivity index (χ3v) is 2.52. The van der Waals surface area contributed by atoms with E-state index in [1.165, 1.54) is 10.9 Å². The average molecular weight is 247 g/mol. The van der Waals surface area contributed by atoms with Crippen LogP contribution in [-0.4, -0.2) is 28.0 Å². The van der Waals surface area contributed by atoms with Gasteiger partial charge in [-0.1, -0.05) is 12.1 Å². The quantitative estimate of drug-likeness (QED) is 0.847. The maximum absolute atomic E-state index is 10.8. The predicted octanol–water partition coefficient (Wildman–Crippen LogP) is 1.22. The summed E-state index contributed by atoms with van der Waals surface area (Å²) in [6.07, 6.45) is 1.42. The van der Waals surface area contributed by atoms with Crippen molar-refractivity contribution in [3.05, 3.63) is 41.6 Å². The van der Waals surface area contributed by atoms with Crippen LogP contribution in [-0.2, 0) is 6.54 Å². The van der Waals surface area contributed by atoms with E-state index in [0.29, 0.717) is 6.54 Å². The number of carbonyl (C=O) groups is 1. The molecule has 0 spiro atoms. The van der Waals surface area contributed by atoms with E-state index in [1.807, 2.05) is 24.3 Å². The number of nitrogens with zero attached hydrogens (tertiary/aromatic N) is 2. The fourth-order valence-electron chi connectivity index (χ4n) is 1.60. The van der Waals surface area contributed by atoms with Crippen LogP contribution >= 0.6 is 0 Å². The van der Waals surface area contributed by atoms with Gasteiger partial charge in [-0.15, -0.1) is 0 Å². The fourth-order valence-corrected chi connectivity index (χ4v) is 1.60. The highest BCUT2D eigenvalue weighted by Crippen LogP contribution is 2.14. The molecule has 0 radical (unpaired) electrons. The van der Waals surface area contributed by atoms with Crippen molar-refractivity contribution in [2.24, 2.45) is 0 Å². The number of nitrogen functional groups attached to an aromatic ring is 1. The maximum Gasteiger partial charge on any atom is 0.341 e. The highest BCUT2D eigenvalue weighted by atomic mass is 16.5. The first-order chi connectivity index (χ1) is 8.60. The molecule has 0 unspecified atom stereocenters. The normalized spacial score (nSPS) is 10.3. The molecule has 2 aromatic rings. The Morgan fingerprint density at radius 3 is 2.61 bits per heavy atom. The number of hydrogen-bond acceptors (Lipinski definition) is 4. The standard InChI is InChI=1S/C12H13N3O3/c1-18-9-4-2-8(3-5-9)6-15-7-10(12(16)17)11(13)14-15/h2-5,7H,6H2,1H3,(H2,13,14)(H,16,17). The van der Waals surface area contributed by atoms with E-state index in [2.05, 4.69) is 5.10 Å². The zero-order valence-corrected chi connectivity index (χ0v) is 9.83. The summed E-state index contributed by atoms with van der Waals surface area (Å²) >= 11 is 0. The van der Waals surface area contributed by atoms with Gasteiger partial charge in [0, 0.05) is 6.20 Å². The van der Waals surface area contributed by atoms with Crippen molar-refractivity contribution in [1.29, 1.82) is 0 Å². The first-order valence-corrected chi connectivity index (χ1v) is 5.29. The molecule has 0 aliphatic rings. The molecule has 0 saturated carbocycles. The largest absolute Gasteiger partial charge is 0.497 e. The number of aromatic carboxylic acids is 1. The molecular weight excluding hydrogens is 234 g/mol. The average Bonchev–Trinajstić information content (AvgIpc) is 2.71. The topological polar surface area (TPSA) is 90.4 Å². The summed E-state index contributed by atoms with van der Waals surface area (Å²) < 4.78 is 6.55. The number of nitrogens with two attached hydrogens (primary N) is 1. The third-order valence-electron chi connectivity index (χ3n) is 2.52. The number of rotatable bonds is 4. The molecular formula is C12H13N3O3. The number of carboxylic acids is 1. The van der Waals surface area contributed by atoms with Crippen molar-refractivity contribution in [3.63, 3.8) is 0 Å². The first-order valence-electron chi connectivity index (χ1n) is 5.29. The number of anilines is 1. The minimum Gasteiger partial charge on any atom is -0.497 e. The van der Waals surface area contributed by atoms with Gasteiger partial charge in [-0.3, -0.25) is 4.68 Å². The summed E-state index contributed by atoms with van der Waals surface area (Å²) in [5.41, 5.74) is 6.51. The van der Waals surface area contributed by atoms with Crippen LogP contribution < -0.4 is 10.5 Å². The van der Waals surface area contributed by atoms with Crippen LogP contribution in [0.25, 0.3) is 0 Å². The zero-order valence-electron chi connectivity index (χ0n) is 9.83. The molecule has 0 fully saturated rings. The minimum absolute atomic E-state index is 0.0171. The van der Waals surface area contributed by atoms with Gasteiger partial charge in [0.2, 0.25) is 0 Å². The van der Waals surface area contributed by atoms with E-state index in [0.717, 1.165) is 11.3 Å². The molecule has 0 aliphatic heterocycles. The summed E-state index contributed by atoms with van der Waals surface area (Å²) in [6, 6.07) is 7.44. The van der Waals surface area contributed by atoms with Gasteiger partial charge in [0.25, 0.3) is 0 Å². The molecule has 1 aromatic carbocycles.